The molecule has 0 saturated carbocycles. The SMILES string of the molecule is CCCCCCCCn1c2ccccc2c2ccccc21.Fc1cnc2ccccc2n1. The van der Waals surface area contributed by atoms with E-state index in [9.17, 15) is 4.39 Å². The minimum Gasteiger partial charge on any atom is -0.340 e. The summed E-state index contributed by atoms with van der Waals surface area (Å²) in [6, 6.07) is 24.8. The standard InChI is InChI=1S/C20H25N.C8H5FN2/c1-2-3-4-5-6-11-16-21-19-14-9-7-12-17(19)18-13-8-10-15-20(18)21;9-8-5-10-6-3-1-2-4-7(6)11-8/h7-10,12-15H,2-6,11,16H2,1H3;1-5H. The molecule has 32 heavy (non-hydrogen) atoms. The molecule has 4 heteroatoms. The van der Waals surface area contributed by atoms with Crippen molar-refractivity contribution in [3.8, 4) is 0 Å². The van der Waals surface area contributed by atoms with Gasteiger partial charge in [0.1, 0.15) is 0 Å². The molecule has 0 spiro atoms. The summed E-state index contributed by atoms with van der Waals surface area (Å²) in [5.74, 6) is -0.538. The van der Waals surface area contributed by atoms with Gasteiger partial charge in [0.2, 0.25) is 5.95 Å². The average Bonchev–Trinajstić information content (AvgIpc) is 3.15. The fourth-order valence-corrected chi connectivity index (χ4v) is 4.23. The Bertz CT molecular complexity index is 1240. The smallest absolute Gasteiger partial charge is 0.231 e. The minimum absolute atomic E-state index is 0.538. The molecule has 0 radical (unpaired) electrons. The van der Waals surface area contributed by atoms with Crippen LogP contribution in [0.3, 0.4) is 0 Å². The Kier molecular flexibility index (Phi) is 7.44. The lowest BCUT2D eigenvalue weighted by Crippen LogP contribution is -1.97. The normalized spacial score (nSPS) is 11.1. The molecule has 0 aliphatic heterocycles. The zero-order chi connectivity index (χ0) is 22.2. The van der Waals surface area contributed by atoms with Gasteiger partial charge in [-0.25, -0.2) is 9.97 Å². The maximum atomic E-state index is 12.5. The number of unbranched alkanes of at least 4 members (excludes halogenated alkanes) is 5. The molecule has 0 saturated heterocycles. The van der Waals surface area contributed by atoms with Crippen molar-refractivity contribution in [2.24, 2.45) is 0 Å². The van der Waals surface area contributed by atoms with Gasteiger partial charge in [-0.1, -0.05) is 87.6 Å². The largest absolute Gasteiger partial charge is 0.340 e. The Labute approximate surface area is 188 Å². The van der Waals surface area contributed by atoms with E-state index in [-0.39, 0.29) is 0 Å². The van der Waals surface area contributed by atoms with E-state index in [4.69, 9.17) is 0 Å². The van der Waals surface area contributed by atoms with Crippen LogP contribution < -0.4 is 0 Å². The lowest BCUT2D eigenvalue weighted by molar-refractivity contribution is 0.571. The van der Waals surface area contributed by atoms with Gasteiger partial charge in [0, 0.05) is 28.4 Å². The third kappa shape index (κ3) is 5.13. The second kappa shape index (κ2) is 10.9. The molecule has 2 aromatic heterocycles. The van der Waals surface area contributed by atoms with E-state index in [2.05, 4.69) is 70.0 Å². The van der Waals surface area contributed by atoms with E-state index >= 15 is 0 Å². The monoisotopic (exact) mass is 427 g/mol. The van der Waals surface area contributed by atoms with Crippen LogP contribution >= 0.6 is 0 Å². The highest BCUT2D eigenvalue weighted by Gasteiger charge is 2.08. The van der Waals surface area contributed by atoms with Gasteiger partial charge in [-0.15, -0.1) is 0 Å². The van der Waals surface area contributed by atoms with Crippen LogP contribution in [0.5, 0.6) is 0 Å². The van der Waals surface area contributed by atoms with Crippen LogP contribution in [0.4, 0.5) is 4.39 Å². The highest BCUT2D eigenvalue weighted by molar-refractivity contribution is 6.07. The number of para-hydroxylation sites is 4. The maximum Gasteiger partial charge on any atom is 0.231 e. The van der Waals surface area contributed by atoms with E-state index in [0.29, 0.717) is 11.0 Å². The van der Waals surface area contributed by atoms with Crippen LogP contribution in [0.25, 0.3) is 32.8 Å². The Morgan fingerprint density at radius 3 is 1.94 bits per heavy atom. The van der Waals surface area contributed by atoms with Gasteiger partial charge in [0.05, 0.1) is 17.2 Å². The van der Waals surface area contributed by atoms with Crippen molar-refractivity contribution in [3.05, 3.63) is 84.9 Å². The second-order valence-corrected chi connectivity index (χ2v) is 8.14. The molecule has 3 aromatic carbocycles. The quantitative estimate of drug-likeness (QED) is 0.247. The Balaban J connectivity index is 0.000000186. The van der Waals surface area contributed by atoms with Crippen molar-refractivity contribution in [2.45, 2.75) is 52.0 Å². The van der Waals surface area contributed by atoms with E-state index in [1.54, 1.807) is 18.2 Å². The number of nitrogens with zero attached hydrogens (tertiary/aromatic N) is 3. The molecule has 0 fully saturated rings. The first-order chi connectivity index (χ1) is 15.8. The number of halogens is 1. The van der Waals surface area contributed by atoms with Gasteiger partial charge in [0.25, 0.3) is 0 Å². The van der Waals surface area contributed by atoms with Crippen LogP contribution in [0.15, 0.2) is 79.0 Å². The predicted molar refractivity (Wildman–Crippen MR) is 132 cm³/mol. The van der Waals surface area contributed by atoms with Crippen molar-refractivity contribution >= 4 is 32.8 Å². The summed E-state index contributed by atoms with van der Waals surface area (Å²) in [5, 5.41) is 2.78. The Morgan fingerprint density at radius 2 is 1.25 bits per heavy atom. The lowest BCUT2D eigenvalue weighted by Gasteiger charge is -2.07. The van der Waals surface area contributed by atoms with Gasteiger partial charge >= 0.3 is 0 Å². The van der Waals surface area contributed by atoms with Gasteiger partial charge in [-0.3, -0.25) is 0 Å². The van der Waals surface area contributed by atoms with Gasteiger partial charge in [-0.05, 0) is 30.7 Å². The zero-order valence-electron chi connectivity index (χ0n) is 18.7. The maximum absolute atomic E-state index is 12.5. The van der Waals surface area contributed by atoms with Crippen molar-refractivity contribution in [3.63, 3.8) is 0 Å². The molecule has 5 rings (SSSR count). The summed E-state index contributed by atoms with van der Waals surface area (Å²) in [6.45, 7) is 3.41. The molecular weight excluding hydrogens is 397 g/mol. The van der Waals surface area contributed by atoms with Gasteiger partial charge < -0.3 is 4.57 Å². The fraction of sp³-hybridized carbons (Fsp3) is 0.286. The number of aryl methyl sites for hydroxylation is 1. The second-order valence-electron chi connectivity index (χ2n) is 8.14. The summed E-state index contributed by atoms with van der Waals surface area (Å²) in [4.78, 5) is 7.49. The number of fused-ring (bicyclic) bond motifs is 4. The lowest BCUT2D eigenvalue weighted by atomic mass is 10.1. The molecule has 5 aromatic rings. The van der Waals surface area contributed by atoms with Crippen LogP contribution in [0, 0.1) is 5.95 Å². The molecular formula is C28H30FN3. The third-order valence-electron chi connectivity index (χ3n) is 5.83. The average molecular weight is 428 g/mol. The highest BCUT2D eigenvalue weighted by Crippen LogP contribution is 2.29. The van der Waals surface area contributed by atoms with Crippen LogP contribution in [-0.2, 0) is 6.54 Å². The number of rotatable bonds is 7. The molecule has 2 heterocycles. The predicted octanol–water partition coefficient (Wildman–Crippen LogP) is 7.92. The molecule has 0 unspecified atom stereocenters. The molecule has 0 N–H and O–H groups in total. The molecule has 0 atom stereocenters. The number of hydrogen-bond donors (Lipinski definition) is 0. The summed E-state index contributed by atoms with van der Waals surface area (Å²) < 4.78 is 15.0. The third-order valence-corrected chi connectivity index (χ3v) is 5.83. The molecule has 164 valence electrons. The van der Waals surface area contributed by atoms with E-state index in [1.165, 1.54) is 60.3 Å². The van der Waals surface area contributed by atoms with Crippen molar-refractivity contribution < 1.29 is 4.39 Å². The van der Waals surface area contributed by atoms with E-state index in [1.807, 2.05) is 6.07 Å². The number of hydrogen-bond acceptors (Lipinski definition) is 2. The van der Waals surface area contributed by atoms with Crippen LogP contribution in [0.1, 0.15) is 45.4 Å². The summed E-state index contributed by atoms with van der Waals surface area (Å²) in [7, 11) is 0. The van der Waals surface area contributed by atoms with E-state index in [0.717, 1.165) is 12.7 Å². The van der Waals surface area contributed by atoms with Gasteiger partial charge in [0.15, 0.2) is 0 Å². The molecule has 0 amide bonds. The fourth-order valence-electron chi connectivity index (χ4n) is 4.23. The molecule has 0 aliphatic rings. The molecule has 0 bridgehead atoms. The number of aromatic nitrogens is 3. The first-order valence-electron chi connectivity index (χ1n) is 11.6. The topological polar surface area (TPSA) is 30.7 Å². The Morgan fingerprint density at radius 1 is 0.688 bits per heavy atom. The Hall–Kier alpha value is -3.27. The first kappa shape index (κ1) is 21.9. The number of benzene rings is 3. The van der Waals surface area contributed by atoms with Crippen LogP contribution in [0.2, 0.25) is 0 Å². The van der Waals surface area contributed by atoms with Crippen molar-refractivity contribution in [1.29, 1.82) is 0 Å². The minimum atomic E-state index is -0.538. The van der Waals surface area contributed by atoms with Crippen LogP contribution in [-0.4, -0.2) is 14.5 Å². The molecule has 3 nitrogen and oxygen atoms in total. The van der Waals surface area contributed by atoms with E-state index < -0.39 is 5.95 Å². The van der Waals surface area contributed by atoms with Crippen molar-refractivity contribution in [1.82, 2.24) is 14.5 Å². The first-order valence-corrected chi connectivity index (χ1v) is 11.6. The van der Waals surface area contributed by atoms with Crippen molar-refractivity contribution in [2.75, 3.05) is 0 Å². The summed E-state index contributed by atoms with van der Waals surface area (Å²) >= 11 is 0. The highest BCUT2D eigenvalue weighted by atomic mass is 19.1. The summed E-state index contributed by atoms with van der Waals surface area (Å²) in [5.41, 5.74) is 4.07. The summed E-state index contributed by atoms with van der Waals surface area (Å²) in [6.07, 6.45) is 9.23. The molecule has 0 aliphatic carbocycles. The zero-order valence-corrected chi connectivity index (χ0v) is 18.7. The van der Waals surface area contributed by atoms with Gasteiger partial charge in [-0.2, -0.15) is 4.39 Å².